The third-order valence-electron chi connectivity index (χ3n) is 1.70. The molecule has 0 amide bonds. The smallest absolute Gasteiger partial charge is 0.339 e. The summed E-state index contributed by atoms with van der Waals surface area (Å²) in [5.41, 5.74) is 5.22. The lowest BCUT2D eigenvalue weighted by atomic mass is 10.2. The van der Waals surface area contributed by atoms with Crippen LogP contribution in [0.1, 0.15) is 17.3 Å². The Kier molecular flexibility index (Phi) is 3.41. The highest BCUT2D eigenvalue weighted by atomic mass is 16.5. The second-order valence-electron chi connectivity index (χ2n) is 3.01. The van der Waals surface area contributed by atoms with Gasteiger partial charge in [-0.1, -0.05) is 12.1 Å². The van der Waals surface area contributed by atoms with Crippen molar-refractivity contribution in [3.8, 4) is 5.75 Å². The highest BCUT2D eigenvalue weighted by Crippen LogP contribution is 2.17. The third kappa shape index (κ3) is 2.78. The van der Waals surface area contributed by atoms with Gasteiger partial charge in [-0.3, -0.25) is 0 Å². The topological polar surface area (TPSA) is 89.6 Å². The first-order valence-corrected chi connectivity index (χ1v) is 4.32. The molecule has 5 heteroatoms. The van der Waals surface area contributed by atoms with Gasteiger partial charge in [0.25, 0.3) is 0 Å². The number of hydrogen-bond donors (Lipinski definition) is 2. The summed E-state index contributed by atoms with van der Waals surface area (Å²) in [6, 6.07) is 5.10. The van der Waals surface area contributed by atoms with Gasteiger partial charge in [-0.2, -0.15) is 0 Å². The number of aromatic carboxylic acids is 1. The number of rotatable bonds is 3. The molecule has 0 saturated heterocycles. The molecule has 1 rings (SSSR count). The number of nitrogens with two attached hydrogens (primary N) is 1. The van der Waals surface area contributed by atoms with Gasteiger partial charge < -0.3 is 15.6 Å². The Balaban J connectivity index is 2.94. The fourth-order valence-electron chi connectivity index (χ4n) is 0.934. The Labute approximate surface area is 86.5 Å². The Hall–Kier alpha value is -1.88. The van der Waals surface area contributed by atoms with Crippen molar-refractivity contribution >= 4 is 11.9 Å². The molecule has 0 fully saturated rings. The van der Waals surface area contributed by atoms with E-state index in [0.717, 1.165) is 0 Å². The van der Waals surface area contributed by atoms with Crippen LogP contribution in [0.25, 0.3) is 0 Å². The van der Waals surface area contributed by atoms with Gasteiger partial charge in [0.2, 0.25) is 0 Å². The molecular weight excluding hydrogens is 198 g/mol. The zero-order chi connectivity index (χ0) is 11.4. The number of carbonyl (C=O) groups is 2. The summed E-state index contributed by atoms with van der Waals surface area (Å²) in [6.45, 7) is 1.46. The van der Waals surface area contributed by atoms with Crippen LogP contribution in [0.5, 0.6) is 5.75 Å². The second-order valence-corrected chi connectivity index (χ2v) is 3.01. The number of ether oxygens (including phenoxy) is 1. The van der Waals surface area contributed by atoms with E-state index < -0.39 is 18.0 Å². The molecule has 0 saturated carbocycles. The lowest BCUT2D eigenvalue weighted by molar-refractivity contribution is -0.135. The number of carbonyl (C=O) groups excluding carboxylic acids is 1. The lowest BCUT2D eigenvalue weighted by Gasteiger charge is -2.08. The number of para-hydroxylation sites is 1. The molecule has 1 atom stereocenters. The van der Waals surface area contributed by atoms with Crippen molar-refractivity contribution in [3.05, 3.63) is 29.8 Å². The van der Waals surface area contributed by atoms with E-state index in [2.05, 4.69) is 0 Å². The minimum absolute atomic E-state index is 0.00676. The average Bonchev–Trinajstić information content (AvgIpc) is 2.18. The van der Waals surface area contributed by atoms with E-state index in [1.807, 2.05) is 0 Å². The zero-order valence-electron chi connectivity index (χ0n) is 8.14. The molecule has 80 valence electrons. The Bertz CT molecular complexity index is 387. The number of hydrogen-bond acceptors (Lipinski definition) is 4. The quantitative estimate of drug-likeness (QED) is 0.563. The van der Waals surface area contributed by atoms with Crippen LogP contribution in [0, 0.1) is 0 Å². The van der Waals surface area contributed by atoms with E-state index in [0.29, 0.717) is 0 Å². The summed E-state index contributed by atoms with van der Waals surface area (Å²) in [7, 11) is 0. The van der Waals surface area contributed by atoms with E-state index in [1.54, 1.807) is 12.1 Å². The maximum atomic E-state index is 11.1. The van der Waals surface area contributed by atoms with Crippen LogP contribution in [-0.4, -0.2) is 23.1 Å². The average molecular weight is 209 g/mol. The van der Waals surface area contributed by atoms with Crippen molar-refractivity contribution in [2.75, 3.05) is 0 Å². The van der Waals surface area contributed by atoms with E-state index in [-0.39, 0.29) is 11.3 Å². The van der Waals surface area contributed by atoms with Crippen molar-refractivity contribution in [1.29, 1.82) is 0 Å². The van der Waals surface area contributed by atoms with Crippen LogP contribution in [0.2, 0.25) is 0 Å². The highest BCUT2D eigenvalue weighted by molar-refractivity contribution is 5.92. The first kappa shape index (κ1) is 11.2. The minimum Gasteiger partial charge on any atom is -0.478 e. The predicted octanol–water partition coefficient (Wildman–Crippen LogP) is 0.637. The molecule has 0 unspecified atom stereocenters. The molecule has 0 aromatic heterocycles. The summed E-state index contributed by atoms with van der Waals surface area (Å²) >= 11 is 0. The highest BCUT2D eigenvalue weighted by Gasteiger charge is 2.15. The normalized spacial score (nSPS) is 11.9. The van der Waals surface area contributed by atoms with Gasteiger partial charge in [-0.25, -0.2) is 9.59 Å². The van der Waals surface area contributed by atoms with Crippen LogP contribution in [0.3, 0.4) is 0 Å². The fourth-order valence-corrected chi connectivity index (χ4v) is 0.934. The number of esters is 1. The first-order valence-electron chi connectivity index (χ1n) is 4.32. The largest absolute Gasteiger partial charge is 0.478 e. The molecule has 0 heterocycles. The molecule has 3 N–H and O–H groups in total. The van der Waals surface area contributed by atoms with Gasteiger partial charge in [0.05, 0.1) is 0 Å². The van der Waals surface area contributed by atoms with E-state index in [1.165, 1.54) is 19.1 Å². The summed E-state index contributed by atoms with van der Waals surface area (Å²) in [6.07, 6.45) is 0. The number of carboxylic acids is 1. The van der Waals surface area contributed by atoms with Crippen molar-refractivity contribution < 1.29 is 19.4 Å². The first-order chi connectivity index (χ1) is 7.02. The molecule has 0 aliphatic rings. The van der Waals surface area contributed by atoms with Gasteiger partial charge >= 0.3 is 11.9 Å². The molecule has 15 heavy (non-hydrogen) atoms. The molecule has 5 nitrogen and oxygen atoms in total. The van der Waals surface area contributed by atoms with E-state index in [9.17, 15) is 9.59 Å². The van der Waals surface area contributed by atoms with E-state index in [4.69, 9.17) is 15.6 Å². The predicted molar refractivity (Wildman–Crippen MR) is 52.7 cm³/mol. The van der Waals surface area contributed by atoms with Crippen molar-refractivity contribution in [1.82, 2.24) is 0 Å². The lowest BCUT2D eigenvalue weighted by Crippen LogP contribution is -2.31. The third-order valence-corrected chi connectivity index (χ3v) is 1.70. The zero-order valence-corrected chi connectivity index (χ0v) is 8.14. The van der Waals surface area contributed by atoms with Gasteiger partial charge in [-0.05, 0) is 19.1 Å². The van der Waals surface area contributed by atoms with Gasteiger partial charge in [-0.15, -0.1) is 0 Å². The minimum atomic E-state index is -1.15. The second kappa shape index (κ2) is 4.56. The van der Waals surface area contributed by atoms with Crippen molar-refractivity contribution in [3.63, 3.8) is 0 Å². The summed E-state index contributed by atoms with van der Waals surface area (Å²) in [5.74, 6) is -1.81. The summed E-state index contributed by atoms with van der Waals surface area (Å²) in [5, 5.41) is 8.79. The molecule has 0 spiro atoms. The maximum Gasteiger partial charge on any atom is 0.339 e. The van der Waals surface area contributed by atoms with Crippen LogP contribution >= 0.6 is 0 Å². The Morgan fingerprint density at radius 1 is 1.40 bits per heavy atom. The molecular formula is C10H11NO4. The van der Waals surface area contributed by atoms with Gasteiger partial charge in [0, 0.05) is 0 Å². The van der Waals surface area contributed by atoms with Crippen LogP contribution < -0.4 is 10.5 Å². The molecule has 0 bridgehead atoms. The van der Waals surface area contributed by atoms with Gasteiger partial charge in [0.15, 0.2) is 0 Å². The molecule has 1 aromatic rings. The Morgan fingerprint density at radius 3 is 2.53 bits per heavy atom. The molecule has 0 aliphatic carbocycles. The van der Waals surface area contributed by atoms with Crippen LogP contribution in [0.15, 0.2) is 24.3 Å². The van der Waals surface area contributed by atoms with Crippen molar-refractivity contribution in [2.24, 2.45) is 5.73 Å². The summed E-state index contributed by atoms with van der Waals surface area (Å²) in [4.78, 5) is 21.9. The molecule has 1 aromatic carbocycles. The fraction of sp³-hybridized carbons (Fsp3) is 0.200. The van der Waals surface area contributed by atoms with Gasteiger partial charge in [0.1, 0.15) is 17.4 Å². The standard InChI is InChI=1S/C10H11NO4/c1-6(11)10(14)15-8-5-3-2-4-7(8)9(12)13/h2-6H,11H2,1H3,(H,12,13)/t6-/m0/s1. The monoisotopic (exact) mass is 209 g/mol. The number of benzene rings is 1. The maximum absolute atomic E-state index is 11.1. The SMILES string of the molecule is C[C@H](N)C(=O)Oc1ccccc1C(=O)O. The van der Waals surface area contributed by atoms with E-state index >= 15 is 0 Å². The van der Waals surface area contributed by atoms with Crippen LogP contribution in [0.4, 0.5) is 0 Å². The summed E-state index contributed by atoms with van der Waals surface area (Å²) < 4.78 is 4.82. The van der Waals surface area contributed by atoms with Crippen LogP contribution in [-0.2, 0) is 4.79 Å². The van der Waals surface area contributed by atoms with Crippen molar-refractivity contribution in [2.45, 2.75) is 13.0 Å². The number of carboxylic acid groups (broad SMARTS) is 1. The molecule has 0 aliphatic heterocycles. The molecule has 0 radical (unpaired) electrons. The Morgan fingerprint density at radius 2 is 2.00 bits per heavy atom.